The number of aromatic nitrogens is 2. The number of piperazine rings is 1. The van der Waals surface area contributed by atoms with Crippen molar-refractivity contribution in [3.8, 4) is 10.6 Å². The lowest BCUT2D eigenvalue weighted by molar-refractivity contribution is 0.254. The highest BCUT2D eigenvalue weighted by Crippen LogP contribution is 2.30. The molecule has 0 N–H and O–H groups in total. The lowest BCUT2D eigenvalue weighted by atomic mass is 10.1. The first-order chi connectivity index (χ1) is 14.8. The van der Waals surface area contributed by atoms with Crippen LogP contribution in [-0.2, 0) is 12.0 Å². The Kier molecular flexibility index (Phi) is 6.54. The van der Waals surface area contributed by atoms with E-state index in [1.54, 1.807) is 11.3 Å². The van der Waals surface area contributed by atoms with Crippen molar-refractivity contribution in [1.82, 2.24) is 14.7 Å². The van der Waals surface area contributed by atoms with E-state index in [1.165, 1.54) is 33.1 Å². The second-order valence-electron chi connectivity index (χ2n) is 9.73. The Morgan fingerprint density at radius 3 is 2.45 bits per heavy atom. The van der Waals surface area contributed by atoms with E-state index in [1.807, 2.05) is 0 Å². The molecule has 0 unspecified atom stereocenters. The third-order valence-corrected chi connectivity index (χ3v) is 7.26. The Morgan fingerprint density at radius 1 is 1.00 bits per heavy atom. The molecular formula is C26H36N4S. The fraction of sp³-hybridized carbons (Fsp3) is 0.500. The molecule has 1 aliphatic rings. The first kappa shape index (κ1) is 22.1. The molecule has 1 aliphatic heterocycles. The van der Waals surface area contributed by atoms with Gasteiger partial charge in [0.2, 0.25) is 0 Å². The van der Waals surface area contributed by atoms with Crippen LogP contribution >= 0.6 is 11.3 Å². The number of thiophene rings is 1. The third-order valence-electron chi connectivity index (χ3n) is 6.37. The van der Waals surface area contributed by atoms with Crippen molar-refractivity contribution in [3.63, 3.8) is 0 Å². The van der Waals surface area contributed by atoms with Gasteiger partial charge in [0.15, 0.2) is 0 Å². The zero-order valence-corrected chi connectivity index (χ0v) is 20.5. The molecule has 5 heteroatoms. The van der Waals surface area contributed by atoms with E-state index in [0.717, 1.165) is 45.6 Å². The minimum atomic E-state index is -0.0121. The van der Waals surface area contributed by atoms with E-state index >= 15 is 0 Å². The van der Waals surface area contributed by atoms with Gasteiger partial charge in [-0.25, -0.2) is 0 Å². The highest BCUT2D eigenvalue weighted by Gasteiger charge is 2.22. The fourth-order valence-electron chi connectivity index (χ4n) is 4.44. The average molecular weight is 437 g/mol. The number of rotatable bonds is 6. The standard InChI is InChI=1S/C26H36N4S/c1-20-9-6-11-23(21(20)2)29-16-14-28(15-17-29)13-7-10-22-19-24(25-12-8-18-31-25)30(27-22)26(3,4)5/h6,8-9,11-12,18-19H,7,10,13-17H2,1-5H3. The van der Waals surface area contributed by atoms with Crippen LogP contribution in [0.4, 0.5) is 5.69 Å². The van der Waals surface area contributed by atoms with Gasteiger partial charge in [0.25, 0.3) is 0 Å². The van der Waals surface area contributed by atoms with Crippen molar-refractivity contribution in [2.24, 2.45) is 0 Å². The Balaban J connectivity index is 1.32. The van der Waals surface area contributed by atoms with Gasteiger partial charge in [-0.3, -0.25) is 9.58 Å². The Bertz CT molecular complexity index is 989. The van der Waals surface area contributed by atoms with E-state index in [-0.39, 0.29) is 5.54 Å². The Hall–Kier alpha value is -2.11. The van der Waals surface area contributed by atoms with Crippen LogP contribution in [0.25, 0.3) is 10.6 Å². The van der Waals surface area contributed by atoms with Gasteiger partial charge in [0, 0.05) is 31.9 Å². The summed E-state index contributed by atoms with van der Waals surface area (Å²) in [6.45, 7) is 16.8. The summed E-state index contributed by atoms with van der Waals surface area (Å²) in [7, 11) is 0. The SMILES string of the molecule is Cc1cccc(N2CCN(CCCc3cc(-c4cccs4)n(C(C)(C)C)n3)CC2)c1C. The largest absolute Gasteiger partial charge is 0.369 e. The molecule has 0 radical (unpaired) electrons. The molecule has 31 heavy (non-hydrogen) atoms. The summed E-state index contributed by atoms with van der Waals surface area (Å²) in [5.41, 5.74) is 6.67. The molecule has 4 rings (SSSR count). The summed E-state index contributed by atoms with van der Waals surface area (Å²) < 4.78 is 2.21. The first-order valence-corrected chi connectivity index (χ1v) is 12.4. The molecule has 1 fully saturated rings. The maximum absolute atomic E-state index is 4.99. The molecule has 0 atom stereocenters. The molecule has 3 aromatic rings. The van der Waals surface area contributed by atoms with Crippen LogP contribution in [0.5, 0.6) is 0 Å². The van der Waals surface area contributed by atoms with Crippen LogP contribution in [0.15, 0.2) is 41.8 Å². The topological polar surface area (TPSA) is 24.3 Å². The summed E-state index contributed by atoms with van der Waals surface area (Å²) in [6, 6.07) is 13.3. The third kappa shape index (κ3) is 5.04. The predicted molar refractivity (Wildman–Crippen MR) is 133 cm³/mol. The van der Waals surface area contributed by atoms with Crippen LogP contribution in [-0.4, -0.2) is 47.4 Å². The zero-order valence-electron chi connectivity index (χ0n) is 19.7. The number of hydrogen-bond acceptors (Lipinski definition) is 4. The molecule has 1 aromatic carbocycles. The van der Waals surface area contributed by atoms with Gasteiger partial charge in [-0.1, -0.05) is 18.2 Å². The lowest BCUT2D eigenvalue weighted by Crippen LogP contribution is -2.47. The summed E-state index contributed by atoms with van der Waals surface area (Å²) >= 11 is 1.79. The minimum Gasteiger partial charge on any atom is -0.369 e. The normalized spacial score (nSPS) is 15.6. The van der Waals surface area contributed by atoms with E-state index in [9.17, 15) is 0 Å². The molecule has 0 amide bonds. The van der Waals surface area contributed by atoms with Crippen molar-refractivity contribution in [2.45, 2.75) is 53.0 Å². The van der Waals surface area contributed by atoms with Crippen LogP contribution in [0.2, 0.25) is 0 Å². The van der Waals surface area contributed by atoms with Gasteiger partial charge in [-0.2, -0.15) is 5.10 Å². The second kappa shape index (κ2) is 9.17. The number of hydrogen-bond donors (Lipinski definition) is 0. The maximum atomic E-state index is 4.99. The van der Waals surface area contributed by atoms with Crippen molar-refractivity contribution in [2.75, 3.05) is 37.6 Å². The molecule has 0 bridgehead atoms. The van der Waals surface area contributed by atoms with Gasteiger partial charge < -0.3 is 4.90 Å². The van der Waals surface area contributed by atoms with Crippen LogP contribution in [0.1, 0.15) is 44.0 Å². The Labute approximate surface area is 191 Å². The van der Waals surface area contributed by atoms with E-state index in [2.05, 4.69) is 90.9 Å². The van der Waals surface area contributed by atoms with Crippen molar-refractivity contribution >= 4 is 17.0 Å². The van der Waals surface area contributed by atoms with Crippen LogP contribution in [0.3, 0.4) is 0 Å². The molecule has 0 spiro atoms. The second-order valence-corrected chi connectivity index (χ2v) is 10.7. The number of anilines is 1. The van der Waals surface area contributed by atoms with Crippen LogP contribution < -0.4 is 4.90 Å². The molecule has 3 heterocycles. The zero-order chi connectivity index (χ0) is 22.0. The fourth-order valence-corrected chi connectivity index (χ4v) is 5.16. The number of aryl methyl sites for hydroxylation is 2. The van der Waals surface area contributed by atoms with Gasteiger partial charge >= 0.3 is 0 Å². The molecule has 2 aromatic heterocycles. The van der Waals surface area contributed by atoms with E-state index in [4.69, 9.17) is 5.10 Å². The molecule has 0 aliphatic carbocycles. The highest BCUT2D eigenvalue weighted by molar-refractivity contribution is 7.13. The number of nitrogens with zero attached hydrogens (tertiary/aromatic N) is 4. The Morgan fingerprint density at radius 2 is 1.77 bits per heavy atom. The van der Waals surface area contributed by atoms with Gasteiger partial charge in [0.1, 0.15) is 0 Å². The monoisotopic (exact) mass is 436 g/mol. The molecular weight excluding hydrogens is 400 g/mol. The molecule has 1 saturated heterocycles. The van der Waals surface area contributed by atoms with Gasteiger partial charge in [-0.05, 0) is 88.7 Å². The highest BCUT2D eigenvalue weighted by atomic mass is 32.1. The predicted octanol–water partition coefficient (Wildman–Crippen LogP) is 5.74. The maximum Gasteiger partial charge on any atom is 0.0791 e. The van der Waals surface area contributed by atoms with Gasteiger partial charge in [-0.15, -0.1) is 11.3 Å². The van der Waals surface area contributed by atoms with E-state index < -0.39 is 0 Å². The summed E-state index contributed by atoms with van der Waals surface area (Å²) in [5, 5.41) is 7.13. The lowest BCUT2D eigenvalue weighted by Gasteiger charge is -2.37. The van der Waals surface area contributed by atoms with Crippen molar-refractivity contribution in [3.05, 3.63) is 58.6 Å². The van der Waals surface area contributed by atoms with Gasteiger partial charge in [0.05, 0.1) is 21.8 Å². The van der Waals surface area contributed by atoms with Crippen LogP contribution in [0, 0.1) is 13.8 Å². The van der Waals surface area contributed by atoms with Crippen molar-refractivity contribution in [1.29, 1.82) is 0 Å². The summed E-state index contributed by atoms with van der Waals surface area (Å²) in [5.74, 6) is 0. The average Bonchev–Trinajstić information content (AvgIpc) is 3.40. The molecule has 4 nitrogen and oxygen atoms in total. The smallest absolute Gasteiger partial charge is 0.0791 e. The molecule has 166 valence electrons. The number of benzene rings is 1. The first-order valence-electron chi connectivity index (χ1n) is 11.5. The van der Waals surface area contributed by atoms with Crippen molar-refractivity contribution < 1.29 is 0 Å². The van der Waals surface area contributed by atoms with E-state index in [0.29, 0.717) is 0 Å². The molecule has 0 saturated carbocycles. The summed E-state index contributed by atoms with van der Waals surface area (Å²) in [4.78, 5) is 6.47. The minimum absolute atomic E-state index is 0.0121. The summed E-state index contributed by atoms with van der Waals surface area (Å²) in [6.07, 6.45) is 2.20. The quantitative estimate of drug-likeness (QED) is 0.492.